The Hall–Kier alpha value is -3.85. The van der Waals surface area contributed by atoms with Gasteiger partial charge in [-0.15, -0.1) is 0 Å². The van der Waals surface area contributed by atoms with E-state index in [0.29, 0.717) is 28.1 Å². The maximum absolute atomic E-state index is 12.1. The minimum atomic E-state index is -0.0324. The zero-order valence-corrected chi connectivity index (χ0v) is 15.8. The Morgan fingerprint density at radius 3 is 2.57 bits per heavy atom. The minimum absolute atomic E-state index is 0.0324. The number of imidazole rings is 1. The van der Waals surface area contributed by atoms with Crippen LogP contribution in [0, 0.1) is 25.2 Å². The van der Waals surface area contributed by atoms with Gasteiger partial charge < -0.3 is 14.3 Å². The Morgan fingerprint density at radius 1 is 1.14 bits per heavy atom. The van der Waals surface area contributed by atoms with Crippen molar-refractivity contribution < 1.29 is 4.74 Å². The molecular formula is C22H18N4O2. The fourth-order valence-electron chi connectivity index (χ4n) is 3.24. The zero-order chi connectivity index (χ0) is 19.8. The lowest BCUT2D eigenvalue weighted by Gasteiger charge is -2.13. The molecule has 2 aromatic heterocycles. The van der Waals surface area contributed by atoms with Crippen molar-refractivity contribution in [2.75, 3.05) is 0 Å². The van der Waals surface area contributed by atoms with E-state index in [2.05, 4.69) is 16.0 Å². The average Bonchev–Trinajstić information content (AvgIpc) is 3.07. The Bertz CT molecular complexity index is 1270. The number of fused-ring (bicyclic) bond motifs is 1. The van der Waals surface area contributed by atoms with Crippen LogP contribution < -0.4 is 10.3 Å². The summed E-state index contributed by atoms with van der Waals surface area (Å²) >= 11 is 0. The number of ether oxygens (including phenoxy) is 1. The van der Waals surface area contributed by atoms with Gasteiger partial charge in [-0.25, -0.2) is 4.98 Å². The Labute approximate surface area is 161 Å². The van der Waals surface area contributed by atoms with Gasteiger partial charge in [0, 0.05) is 29.9 Å². The minimum Gasteiger partial charge on any atom is -0.454 e. The second kappa shape index (κ2) is 6.71. The number of aromatic nitrogens is 3. The first-order chi connectivity index (χ1) is 13.5. The van der Waals surface area contributed by atoms with E-state index in [4.69, 9.17) is 10.00 Å². The molecule has 28 heavy (non-hydrogen) atoms. The highest BCUT2D eigenvalue weighted by Gasteiger charge is 2.16. The van der Waals surface area contributed by atoms with E-state index in [-0.39, 0.29) is 5.56 Å². The summed E-state index contributed by atoms with van der Waals surface area (Å²) in [7, 11) is 1.73. The number of H-pyrrole nitrogens is 1. The van der Waals surface area contributed by atoms with Crippen LogP contribution in [-0.4, -0.2) is 14.5 Å². The lowest BCUT2D eigenvalue weighted by molar-refractivity contribution is 0.489. The standard InChI is InChI=1S/C22H18N4O2/c1-13-10-16(12-26(3)22(13)27)18-8-9-19-20(25-14(2)24-19)21(18)28-17-6-4-15(11-23)5-7-17/h4-10,12H,1-3H3,(H,24,25). The molecule has 4 aromatic rings. The number of aromatic amines is 1. The second-order valence-electron chi connectivity index (χ2n) is 6.73. The van der Waals surface area contributed by atoms with E-state index in [0.717, 1.165) is 22.5 Å². The maximum atomic E-state index is 12.1. The monoisotopic (exact) mass is 370 g/mol. The number of rotatable bonds is 3. The number of nitrogens with one attached hydrogen (secondary N) is 1. The smallest absolute Gasteiger partial charge is 0.253 e. The van der Waals surface area contributed by atoms with Gasteiger partial charge in [-0.3, -0.25) is 4.79 Å². The van der Waals surface area contributed by atoms with Crippen molar-refractivity contribution in [3.8, 4) is 28.7 Å². The topological polar surface area (TPSA) is 83.7 Å². The van der Waals surface area contributed by atoms with Crippen molar-refractivity contribution in [3.05, 3.63) is 76.0 Å². The number of pyridine rings is 1. The number of hydrogen-bond donors (Lipinski definition) is 1. The SMILES string of the molecule is Cc1nc2c(Oc3ccc(C#N)cc3)c(-c3cc(C)c(=O)n(C)c3)ccc2[nH]1. The highest BCUT2D eigenvalue weighted by Crippen LogP contribution is 2.38. The van der Waals surface area contributed by atoms with Crippen LogP contribution in [0.2, 0.25) is 0 Å². The van der Waals surface area contributed by atoms with Gasteiger partial charge in [-0.2, -0.15) is 5.26 Å². The first-order valence-electron chi connectivity index (χ1n) is 8.81. The Balaban J connectivity index is 1.92. The Kier molecular flexibility index (Phi) is 4.21. The van der Waals surface area contributed by atoms with E-state index in [1.807, 2.05) is 25.1 Å². The molecule has 0 aliphatic heterocycles. The van der Waals surface area contributed by atoms with Crippen molar-refractivity contribution in [3.63, 3.8) is 0 Å². The van der Waals surface area contributed by atoms with E-state index >= 15 is 0 Å². The summed E-state index contributed by atoms with van der Waals surface area (Å²) in [6.45, 7) is 3.69. The molecule has 0 spiro atoms. The van der Waals surface area contributed by atoms with Gasteiger partial charge in [0.05, 0.1) is 17.1 Å². The molecule has 0 atom stereocenters. The fourth-order valence-corrected chi connectivity index (χ4v) is 3.24. The van der Waals surface area contributed by atoms with Crippen LogP contribution in [0.4, 0.5) is 0 Å². The van der Waals surface area contributed by atoms with Crippen LogP contribution in [0.15, 0.2) is 53.5 Å². The number of hydrogen-bond acceptors (Lipinski definition) is 4. The third-order valence-electron chi connectivity index (χ3n) is 4.60. The van der Waals surface area contributed by atoms with E-state index in [9.17, 15) is 4.79 Å². The van der Waals surface area contributed by atoms with Gasteiger partial charge in [0.1, 0.15) is 17.1 Å². The molecule has 0 radical (unpaired) electrons. The zero-order valence-electron chi connectivity index (χ0n) is 15.8. The van der Waals surface area contributed by atoms with Crippen molar-refractivity contribution in [1.82, 2.24) is 14.5 Å². The third-order valence-corrected chi connectivity index (χ3v) is 4.60. The summed E-state index contributed by atoms with van der Waals surface area (Å²) < 4.78 is 7.79. The van der Waals surface area contributed by atoms with E-state index in [1.54, 1.807) is 49.0 Å². The van der Waals surface area contributed by atoms with Crippen LogP contribution in [0.5, 0.6) is 11.5 Å². The first-order valence-corrected chi connectivity index (χ1v) is 8.81. The van der Waals surface area contributed by atoms with Gasteiger partial charge in [0.15, 0.2) is 5.75 Å². The lowest BCUT2D eigenvalue weighted by Crippen LogP contribution is -2.18. The van der Waals surface area contributed by atoms with Gasteiger partial charge >= 0.3 is 0 Å². The summed E-state index contributed by atoms with van der Waals surface area (Å²) in [5.41, 5.74) is 4.47. The van der Waals surface area contributed by atoms with E-state index in [1.165, 1.54) is 0 Å². The molecule has 0 saturated heterocycles. The third kappa shape index (κ3) is 3.03. The first kappa shape index (κ1) is 17.6. The highest BCUT2D eigenvalue weighted by atomic mass is 16.5. The number of nitriles is 1. The van der Waals surface area contributed by atoms with Crippen LogP contribution in [0.3, 0.4) is 0 Å². The molecule has 0 unspecified atom stereocenters. The summed E-state index contributed by atoms with van der Waals surface area (Å²) in [6, 6.07) is 14.8. The number of aryl methyl sites for hydroxylation is 3. The molecule has 1 N–H and O–H groups in total. The predicted molar refractivity (Wildman–Crippen MR) is 107 cm³/mol. The quantitative estimate of drug-likeness (QED) is 0.585. The van der Waals surface area contributed by atoms with Crippen LogP contribution in [0.1, 0.15) is 17.0 Å². The molecule has 0 fully saturated rings. The van der Waals surface area contributed by atoms with Gasteiger partial charge in [0.2, 0.25) is 0 Å². The molecule has 138 valence electrons. The normalized spacial score (nSPS) is 10.8. The summed E-state index contributed by atoms with van der Waals surface area (Å²) in [5, 5.41) is 9.00. The summed E-state index contributed by atoms with van der Waals surface area (Å²) in [4.78, 5) is 19.9. The molecule has 2 heterocycles. The largest absolute Gasteiger partial charge is 0.454 e. The molecule has 0 aliphatic carbocycles. The number of benzene rings is 2. The molecule has 6 heteroatoms. The lowest BCUT2D eigenvalue weighted by atomic mass is 10.0. The summed E-state index contributed by atoms with van der Waals surface area (Å²) in [5.74, 6) is 1.99. The fraction of sp³-hybridized carbons (Fsp3) is 0.136. The highest BCUT2D eigenvalue weighted by molar-refractivity contribution is 5.91. The maximum Gasteiger partial charge on any atom is 0.253 e. The van der Waals surface area contributed by atoms with Gasteiger partial charge in [-0.1, -0.05) is 0 Å². The predicted octanol–water partition coefficient (Wildman–Crippen LogP) is 4.21. The molecule has 6 nitrogen and oxygen atoms in total. The van der Waals surface area contributed by atoms with Crippen molar-refractivity contribution in [2.45, 2.75) is 13.8 Å². The van der Waals surface area contributed by atoms with Crippen LogP contribution >= 0.6 is 0 Å². The summed E-state index contributed by atoms with van der Waals surface area (Å²) in [6.07, 6.45) is 1.79. The molecule has 0 saturated carbocycles. The van der Waals surface area contributed by atoms with Crippen LogP contribution in [0.25, 0.3) is 22.2 Å². The Morgan fingerprint density at radius 2 is 1.89 bits per heavy atom. The average molecular weight is 370 g/mol. The molecule has 4 rings (SSSR count). The van der Waals surface area contributed by atoms with Crippen molar-refractivity contribution in [2.24, 2.45) is 7.05 Å². The number of nitrogens with zero attached hydrogens (tertiary/aromatic N) is 3. The van der Waals surface area contributed by atoms with Crippen LogP contribution in [-0.2, 0) is 7.05 Å². The van der Waals surface area contributed by atoms with Crippen molar-refractivity contribution >= 4 is 11.0 Å². The molecular weight excluding hydrogens is 352 g/mol. The van der Waals surface area contributed by atoms with Crippen molar-refractivity contribution in [1.29, 1.82) is 5.26 Å². The molecule has 0 amide bonds. The molecule has 0 aliphatic rings. The molecule has 0 bridgehead atoms. The molecule has 2 aromatic carbocycles. The van der Waals surface area contributed by atoms with Gasteiger partial charge in [-0.05, 0) is 56.3 Å². The van der Waals surface area contributed by atoms with E-state index < -0.39 is 0 Å². The van der Waals surface area contributed by atoms with Gasteiger partial charge in [0.25, 0.3) is 5.56 Å². The second-order valence-corrected chi connectivity index (χ2v) is 6.73.